The minimum Gasteiger partial charge on any atom is -0.293 e. The van der Waals surface area contributed by atoms with E-state index in [-0.39, 0.29) is 0 Å². The largest absolute Gasteiger partial charge is 0.293 e. The number of Topliss-reactive ketones (excluding diaryl/α,β-unsaturated/α-hetero) is 1. The maximum Gasteiger partial charge on any atom is 0.173 e. The average molecular weight is 240 g/mol. The Labute approximate surface area is 104 Å². The smallest absolute Gasteiger partial charge is 0.173 e. The fraction of sp³-hybridized carbons (Fsp3) is 0.643. The highest BCUT2D eigenvalue weighted by atomic mass is 32.1. The van der Waals surface area contributed by atoms with Crippen LogP contribution in [0.15, 0.2) is 6.07 Å². The van der Waals surface area contributed by atoms with Gasteiger partial charge >= 0.3 is 0 Å². The lowest BCUT2D eigenvalue weighted by Gasteiger charge is -1.92. The molecule has 1 aliphatic rings. The molecule has 0 aliphatic heterocycles. The first-order valence-electron chi connectivity index (χ1n) is 6.40. The van der Waals surface area contributed by atoms with E-state index in [1.807, 2.05) is 27.7 Å². The fourth-order valence-electron chi connectivity index (χ4n) is 1.70. The van der Waals surface area contributed by atoms with Gasteiger partial charge in [-0.2, -0.15) is 0 Å². The third-order valence-corrected chi connectivity index (χ3v) is 3.42. The van der Waals surface area contributed by atoms with Crippen LogP contribution in [0.1, 0.15) is 67.1 Å². The summed E-state index contributed by atoms with van der Waals surface area (Å²) in [5.41, 5.74) is 1.29. The quantitative estimate of drug-likeness (QED) is 0.582. The van der Waals surface area contributed by atoms with Crippen molar-refractivity contribution in [3.63, 3.8) is 0 Å². The van der Waals surface area contributed by atoms with Crippen molar-refractivity contribution in [2.45, 2.75) is 60.3 Å². The molecule has 0 amide bonds. The molecule has 0 bridgehead atoms. The maximum atomic E-state index is 11.5. The molecule has 0 spiro atoms. The summed E-state index contributed by atoms with van der Waals surface area (Å²) >= 11 is 1.66. The Hall–Kier alpha value is -0.630. The number of aryl methyl sites for hydroxylation is 2. The van der Waals surface area contributed by atoms with Crippen LogP contribution in [0.25, 0.3) is 0 Å². The van der Waals surface area contributed by atoms with Gasteiger partial charge in [-0.05, 0) is 37.8 Å². The summed E-state index contributed by atoms with van der Waals surface area (Å²) in [6.07, 6.45) is 4.10. The van der Waals surface area contributed by atoms with E-state index in [0.717, 1.165) is 24.1 Å². The van der Waals surface area contributed by atoms with Crippen molar-refractivity contribution in [3.8, 4) is 0 Å². The van der Waals surface area contributed by atoms with Crippen LogP contribution in [0.5, 0.6) is 0 Å². The molecule has 0 saturated carbocycles. The standard InChI is InChI=1S/C10H12OS.2C2H6/c1-7-6-8-4-2-3-5-9(11)10(8)12-7;2*1-2/h6H,2-5H2,1H3;2*1-2H3. The van der Waals surface area contributed by atoms with E-state index >= 15 is 0 Å². The van der Waals surface area contributed by atoms with E-state index < -0.39 is 0 Å². The van der Waals surface area contributed by atoms with E-state index in [2.05, 4.69) is 13.0 Å². The van der Waals surface area contributed by atoms with Gasteiger partial charge in [0.1, 0.15) is 0 Å². The van der Waals surface area contributed by atoms with Crippen LogP contribution in [0.2, 0.25) is 0 Å². The zero-order chi connectivity index (χ0) is 12.6. The second-order valence-corrected chi connectivity index (χ2v) is 4.60. The van der Waals surface area contributed by atoms with Gasteiger partial charge in [0.2, 0.25) is 0 Å². The summed E-state index contributed by atoms with van der Waals surface area (Å²) in [4.78, 5) is 13.8. The Morgan fingerprint density at radius 3 is 2.25 bits per heavy atom. The number of thiophene rings is 1. The minimum atomic E-state index is 0.362. The zero-order valence-electron chi connectivity index (χ0n) is 11.2. The molecular weight excluding hydrogens is 216 g/mol. The summed E-state index contributed by atoms with van der Waals surface area (Å²) in [5, 5.41) is 0. The van der Waals surface area contributed by atoms with Crippen LogP contribution in [-0.2, 0) is 6.42 Å². The van der Waals surface area contributed by atoms with Crippen LogP contribution >= 0.6 is 11.3 Å². The molecule has 0 N–H and O–H groups in total. The molecule has 0 unspecified atom stereocenters. The van der Waals surface area contributed by atoms with Crippen LogP contribution < -0.4 is 0 Å². The van der Waals surface area contributed by atoms with Gasteiger partial charge < -0.3 is 0 Å². The normalized spacial score (nSPS) is 13.7. The Balaban J connectivity index is 0.000000509. The molecule has 1 aromatic heterocycles. The number of rotatable bonds is 0. The van der Waals surface area contributed by atoms with Crippen LogP contribution in [-0.4, -0.2) is 5.78 Å². The van der Waals surface area contributed by atoms with Crippen molar-refractivity contribution >= 4 is 17.1 Å². The molecule has 1 aliphatic carbocycles. The topological polar surface area (TPSA) is 17.1 Å². The van der Waals surface area contributed by atoms with Gasteiger partial charge in [-0.25, -0.2) is 0 Å². The summed E-state index contributed by atoms with van der Waals surface area (Å²) in [7, 11) is 0. The Morgan fingerprint density at radius 1 is 1.06 bits per heavy atom. The summed E-state index contributed by atoms with van der Waals surface area (Å²) in [6, 6.07) is 2.17. The van der Waals surface area contributed by atoms with Gasteiger partial charge in [0.05, 0.1) is 4.88 Å². The molecule has 1 aromatic rings. The Kier molecular flexibility index (Phi) is 8.18. The maximum absolute atomic E-state index is 11.5. The molecular formula is C14H24OS. The van der Waals surface area contributed by atoms with Gasteiger partial charge in [0.25, 0.3) is 0 Å². The number of ketones is 1. The highest BCUT2D eigenvalue weighted by molar-refractivity contribution is 7.14. The minimum absolute atomic E-state index is 0.362. The lowest BCUT2D eigenvalue weighted by molar-refractivity contribution is 0.0986. The van der Waals surface area contributed by atoms with Gasteiger partial charge in [-0.15, -0.1) is 11.3 Å². The predicted molar refractivity (Wildman–Crippen MR) is 73.6 cm³/mol. The highest BCUT2D eigenvalue weighted by Gasteiger charge is 2.17. The molecule has 0 aromatic carbocycles. The highest BCUT2D eigenvalue weighted by Crippen LogP contribution is 2.28. The van der Waals surface area contributed by atoms with E-state index in [1.165, 1.54) is 16.9 Å². The Morgan fingerprint density at radius 2 is 1.62 bits per heavy atom. The average Bonchev–Trinajstić information content (AvgIpc) is 2.63. The number of hydrogen-bond donors (Lipinski definition) is 0. The van der Waals surface area contributed by atoms with Crippen molar-refractivity contribution in [1.29, 1.82) is 0 Å². The first kappa shape index (κ1) is 15.4. The third-order valence-electron chi connectivity index (χ3n) is 2.29. The third kappa shape index (κ3) is 4.09. The number of carbonyl (C=O) groups excluding carboxylic acids is 1. The van der Waals surface area contributed by atoms with Crippen molar-refractivity contribution in [2.75, 3.05) is 0 Å². The van der Waals surface area contributed by atoms with Gasteiger partial charge in [0, 0.05) is 11.3 Å². The van der Waals surface area contributed by atoms with E-state index in [0.29, 0.717) is 5.78 Å². The number of hydrogen-bond acceptors (Lipinski definition) is 2. The van der Waals surface area contributed by atoms with Gasteiger partial charge in [-0.1, -0.05) is 27.7 Å². The van der Waals surface area contributed by atoms with Crippen LogP contribution in [0.3, 0.4) is 0 Å². The monoisotopic (exact) mass is 240 g/mol. The lowest BCUT2D eigenvalue weighted by Crippen LogP contribution is -1.94. The molecule has 16 heavy (non-hydrogen) atoms. The SMILES string of the molecule is CC.CC.Cc1cc2c(s1)C(=O)CCCC2. The molecule has 0 radical (unpaired) electrons. The molecule has 2 rings (SSSR count). The van der Waals surface area contributed by atoms with Gasteiger partial charge in [-0.3, -0.25) is 4.79 Å². The van der Waals surface area contributed by atoms with Crippen molar-refractivity contribution in [3.05, 3.63) is 21.4 Å². The molecule has 0 saturated heterocycles. The van der Waals surface area contributed by atoms with Crippen molar-refractivity contribution in [2.24, 2.45) is 0 Å². The summed E-state index contributed by atoms with van der Waals surface area (Å²) in [6.45, 7) is 10.1. The van der Waals surface area contributed by atoms with Crippen LogP contribution in [0.4, 0.5) is 0 Å². The predicted octanol–water partition coefficient (Wildman–Crippen LogP) is 5.02. The van der Waals surface area contributed by atoms with Crippen molar-refractivity contribution in [1.82, 2.24) is 0 Å². The molecule has 0 atom stereocenters. The number of carbonyl (C=O) groups is 1. The zero-order valence-corrected chi connectivity index (χ0v) is 12.0. The van der Waals surface area contributed by atoms with Crippen LogP contribution in [0, 0.1) is 6.92 Å². The molecule has 0 fully saturated rings. The van der Waals surface area contributed by atoms with E-state index in [9.17, 15) is 4.79 Å². The van der Waals surface area contributed by atoms with E-state index in [1.54, 1.807) is 11.3 Å². The van der Waals surface area contributed by atoms with Gasteiger partial charge in [0.15, 0.2) is 5.78 Å². The molecule has 1 nitrogen and oxygen atoms in total. The fourth-order valence-corrected chi connectivity index (χ4v) is 2.73. The first-order valence-corrected chi connectivity index (χ1v) is 7.21. The van der Waals surface area contributed by atoms with Crippen molar-refractivity contribution < 1.29 is 4.79 Å². The summed E-state index contributed by atoms with van der Waals surface area (Å²) in [5.74, 6) is 0.362. The summed E-state index contributed by atoms with van der Waals surface area (Å²) < 4.78 is 0. The van der Waals surface area contributed by atoms with E-state index in [4.69, 9.17) is 0 Å². The molecule has 1 heterocycles. The number of fused-ring (bicyclic) bond motifs is 1. The second kappa shape index (κ2) is 8.51. The second-order valence-electron chi connectivity index (χ2n) is 3.34. The first-order chi connectivity index (χ1) is 7.77. The molecule has 92 valence electrons. The molecule has 2 heteroatoms. The lowest BCUT2D eigenvalue weighted by atomic mass is 10.1. The Bertz CT molecular complexity index is 313.